The van der Waals surface area contributed by atoms with Gasteiger partial charge >= 0.3 is 0 Å². The fourth-order valence-electron chi connectivity index (χ4n) is 3.70. The lowest BCUT2D eigenvalue weighted by atomic mass is 10.1. The fraction of sp³-hybridized carbons (Fsp3) is 0.136. The van der Waals surface area contributed by atoms with Gasteiger partial charge in [0.05, 0.1) is 28.4 Å². The van der Waals surface area contributed by atoms with Crippen molar-refractivity contribution in [3.63, 3.8) is 0 Å². The Kier molecular flexibility index (Phi) is 4.91. The predicted molar refractivity (Wildman–Crippen MR) is 123 cm³/mol. The van der Waals surface area contributed by atoms with Crippen LogP contribution in [0.15, 0.2) is 71.6 Å². The highest BCUT2D eigenvalue weighted by Gasteiger charge is 2.21. The second-order valence-electron chi connectivity index (χ2n) is 7.23. The van der Waals surface area contributed by atoms with E-state index in [1.807, 2.05) is 49.5 Å². The van der Waals surface area contributed by atoms with Crippen LogP contribution >= 0.6 is 11.7 Å². The van der Waals surface area contributed by atoms with Crippen molar-refractivity contribution < 1.29 is 8.42 Å². The number of para-hydroxylation sites is 3. The van der Waals surface area contributed by atoms with Gasteiger partial charge in [0.25, 0.3) is 10.0 Å². The number of benzene rings is 3. The van der Waals surface area contributed by atoms with Gasteiger partial charge in [-0.3, -0.25) is 4.72 Å². The van der Waals surface area contributed by atoms with E-state index < -0.39 is 10.0 Å². The third-order valence-corrected chi connectivity index (χ3v) is 7.24. The summed E-state index contributed by atoms with van der Waals surface area (Å²) in [4.78, 5) is 4.85. The Morgan fingerprint density at radius 3 is 2.55 bits per heavy atom. The number of imidazole rings is 1. The first-order valence-corrected chi connectivity index (χ1v) is 12.0. The highest BCUT2D eigenvalue weighted by atomic mass is 32.2. The standard InChI is InChI=1S/C22H19N5O2S2/c1-27-19-11-5-4-9-17(19)23-21(27)14-13-15-7-2-3-8-16(15)26-31(28,29)20-12-6-10-18-22(20)25-30-24-18/h2-12,26H,13-14H2,1H3. The smallest absolute Gasteiger partial charge is 0.264 e. The number of anilines is 1. The first-order chi connectivity index (χ1) is 15.0. The quantitative estimate of drug-likeness (QED) is 0.420. The topological polar surface area (TPSA) is 89.8 Å². The molecule has 0 aliphatic carbocycles. The van der Waals surface area contributed by atoms with E-state index in [9.17, 15) is 8.42 Å². The van der Waals surface area contributed by atoms with Crippen molar-refractivity contribution in [3.05, 3.63) is 78.1 Å². The summed E-state index contributed by atoms with van der Waals surface area (Å²) in [6.45, 7) is 0. The van der Waals surface area contributed by atoms with Crippen LogP contribution in [0.5, 0.6) is 0 Å². The Balaban J connectivity index is 1.43. The maximum atomic E-state index is 13.1. The van der Waals surface area contributed by atoms with E-state index >= 15 is 0 Å². The lowest BCUT2D eigenvalue weighted by Gasteiger charge is -2.13. The molecule has 0 atom stereocenters. The molecule has 5 aromatic rings. The SMILES string of the molecule is Cn1c(CCc2ccccc2NS(=O)(=O)c2cccc3nsnc23)nc2ccccc21. The number of aryl methyl sites for hydroxylation is 3. The van der Waals surface area contributed by atoms with Crippen LogP contribution in [0.3, 0.4) is 0 Å². The minimum atomic E-state index is -3.81. The molecule has 0 aliphatic rings. The molecular weight excluding hydrogens is 430 g/mol. The van der Waals surface area contributed by atoms with Crippen molar-refractivity contribution in [1.29, 1.82) is 0 Å². The molecular formula is C22H19N5O2S2. The minimum absolute atomic E-state index is 0.129. The molecule has 0 fully saturated rings. The second kappa shape index (κ2) is 7.75. The number of fused-ring (bicyclic) bond motifs is 2. The van der Waals surface area contributed by atoms with E-state index in [-0.39, 0.29) is 4.90 Å². The van der Waals surface area contributed by atoms with Gasteiger partial charge in [0.15, 0.2) is 0 Å². The summed E-state index contributed by atoms with van der Waals surface area (Å²) < 4.78 is 39.4. The van der Waals surface area contributed by atoms with E-state index in [4.69, 9.17) is 4.98 Å². The molecule has 0 radical (unpaired) electrons. The molecule has 2 heterocycles. The zero-order valence-corrected chi connectivity index (χ0v) is 18.3. The van der Waals surface area contributed by atoms with Crippen LogP contribution < -0.4 is 4.72 Å². The van der Waals surface area contributed by atoms with Gasteiger partial charge in [-0.05, 0) is 42.3 Å². The van der Waals surface area contributed by atoms with E-state index in [0.29, 0.717) is 29.6 Å². The molecule has 0 aliphatic heterocycles. The number of nitrogens with one attached hydrogen (secondary N) is 1. The molecule has 0 saturated carbocycles. The van der Waals surface area contributed by atoms with Crippen molar-refractivity contribution in [2.45, 2.75) is 17.7 Å². The van der Waals surface area contributed by atoms with Crippen molar-refractivity contribution in [2.24, 2.45) is 7.05 Å². The zero-order valence-electron chi connectivity index (χ0n) is 16.7. The summed E-state index contributed by atoms with van der Waals surface area (Å²) in [7, 11) is -1.81. The first-order valence-electron chi connectivity index (χ1n) is 9.75. The van der Waals surface area contributed by atoms with Gasteiger partial charge in [-0.1, -0.05) is 36.4 Å². The van der Waals surface area contributed by atoms with Crippen LogP contribution in [0.25, 0.3) is 22.1 Å². The molecule has 0 saturated heterocycles. The molecule has 5 rings (SSSR count). The van der Waals surface area contributed by atoms with Gasteiger partial charge in [0.1, 0.15) is 21.8 Å². The predicted octanol–water partition coefficient (Wildman–Crippen LogP) is 4.16. The maximum Gasteiger partial charge on any atom is 0.264 e. The van der Waals surface area contributed by atoms with Crippen LogP contribution in [0, 0.1) is 0 Å². The Morgan fingerprint density at radius 1 is 0.903 bits per heavy atom. The van der Waals surface area contributed by atoms with Gasteiger partial charge in [0.2, 0.25) is 0 Å². The summed E-state index contributed by atoms with van der Waals surface area (Å²) >= 11 is 1.000. The summed E-state index contributed by atoms with van der Waals surface area (Å²) in [5, 5.41) is 0. The van der Waals surface area contributed by atoms with Gasteiger partial charge in [-0.25, -0.2) is 13.4 Å². The molecule has 0 spiro atoms. The van der Waals surface area contributed by atoms with Gasteiger partial charge in [-0.15, -0.1) is 0 Å². The highest BCUT2D eigenvalue weighted by Crippen LogP contribution is 2.26. The molecule has 0 unspecified atom stereocenters. The molecule has 0 amide bonds. The Morgan fingerprint density at radius 2 is 1.68 bits per heavy atom. The molecule has 7 nitrogen and oxygen atoms in total. The number of aromatic nitrogens is 4. The van der Waals surface area contributed by atoms with Crippen molar-refractivity contribution in [3.8, 4) is 0 Å². The van der Waals surface area contributed by atoms with Crippen LogP contribution in [0.4, 0.5) is 5.69 Å². The minimum Gasteiger partial charge on any atom is -0.331 e. The largest absolute Gasteiger partial charge is 0.331 e. The van der Waals surface area contributed by atoms with E-state index in [1.54, 1.807) is 24.3 Å². The third-order valence-electron chi connectivity index (χ3n) is 5.30. The van der Waals surface area contributed by atoms with E-state index in [0.717, 1.165) is 34.1 Å². The van der Waals surface area contributed by atoms with Crippen molar-refractivity contribution in [1.82, 2.24) is 18.3 Å². The maximum absolute atomic E-state index is 13.1. The summed E-state index contributed by atoms with van der Waals surface area (Å²) in [5.41, 5.74) is 4.46. The number of hydrogen-bond acceptors (Lipinski definition) is 6. The van der Waals surface area contributed by atoms with Crippen LogP contribution in [-0.4, -0.2) is 26.7 Å². The number of hydrogen-bond donors (Lipinski definition) is 1. The highest BCUT2D eigenvalue weighted by molar-refractivity contribution is 7.93. The monoisotopic (exact) mass is 449 g/mol. The van der Waals surface area contributed by atoms with E-state index in [1.165, 1.54) is 0 Å². The molecule has 2 aromatic heterocycles. The van der Waals surface area contributed by atoms with Gasteiger partial charge in [-0.2, -0.15) is 8.75 Å². The summed E-state index contributed by atoms with van der Waals surface area (Å²) in [5.74, 6) is 0.956. The molecule has 0 bridgehead atoms. The lowest BCUT2D eigenvalue weighted by Crippen LogP contribution is -2.15. The summed E-state index contributed by atoms with van der Waals surface area (Å²) in [6.07, 6.45) is 1.34. The van der Waals surface area contributed by atoms with Crippen molar-refractivity contribution >= 4 is 49.5 Å². The Bertz CT molecular complexity index is 1500. The molecule has 31 heavy (non-hydrogen) atoms. The van der Waals surface area contributed by atoms with Crippen molar-refractivity contribution in [2.75, 3.05) is 4.72 Å². The molecule has 3 aromatic carbocycles. The fourth-order valence-corrected chi connectivity index (χ4v) is 5.57. The Hall–Kier alpha value is -3.30. The second-order valence-corrected chi connectivity index (χ2v) is 9.41. The third kappa shape index (κ3) is 3.66. The molecule has 1 N–H and O–H groups in total. The van der Waals surface area contributed by atoms with Gasteiger partial charge < -0.3 is 4.57 Å². The normalized spacial score (nSPS) is 11.9. The van der Waals surface area contributed by atoms with Crippen LogP contribution in [0.2, 0.25) is 0 Å². The number of nitrogens with zero attached hydrogens (tertiary/aromatic N) is 4. The zero-order chi connectivity index (χ0) is 21.4. The van der Waals surface area contributed by atoms with Gasteiger partial charge in [0, 0.05) is 13.5 Å². The number of rotatable bonds is 6. The Labute approximate surface area is 183 Å². The lowest BCUT2D eigenvalue weighted by molar-refractivity contribution is 0.602. The van der Waals surface area contributed by atoms with Crippen LogP contribution in [0.1, 0.15) is 11.4 Å². The van der Waals surface area contributed by atoms with E-state index in [2.05, 4.69) is 18.0 Å². The van der Waals surface area contributed by atoms with Crippen LogP contribution in [-0.2, 0) is 29.9 Å². The number of sulfonamides is 1. The average molecular weight is 450 g/mol. The first kappa shape index (κ1) is 19.7. The molecule has 156 valence electrons. The summed E-state index contributed by atoms with van der Waals surface area (Å²) in [6, 6.07) is 20.4. The average Bonchev–Trinajstić information content (AvgIpc) is 3.37. The molecule has 9 heteroatoms.